The molecule has 0 spiro atoms. The highest BCUT2D eigenvalue weighted by molar-refractivity contribution is 9.10. The number of halogens is 1. The molecule has 3 aromatic rings. The smallest absolute Gasteiger partial charge is 0.321 e. The molecule has 0 aliphatic rings. The summed E-state index contributed by atoms with van der Waals surface area (Å²) in [7, 11) is -1.19. The van der Waals surface area contributed by atoms with E-state index < -0.39 is 10.0 Å². The molecule has 3 rings (SSSR count). The molecule has 13 heteroatoms. The molecule has 32 heavy (non-hydrogen) atoms. The molecule has 2 heterocycles. The number of carbonyl (C=O) groups excluding carboxylic acids is 1. The number of methoxy groups -OCH3 is 2. The lowest BCUT2D eigenvalue weighted by atomic mass is 10.3. The fourth-order valence-corrected chi connectivity index (χ4v) is 3.93. The van der Waals surface area contributed by atoms with E-state index in [9.17, 15) is 13.2 Å². The number of aromatic nitrogens is 4. The van der Waals surface area contributed by atoms with Crippen LogP contribution in [-0.2, 0) is 21.4 Å². The average molecular weight is 525 g/mol. The normalized spacial score (nSPS) is 11.1. The zero-order valence-electron chi connectivity index (χ0n) is 17.5. The van der Waals surface area contributed by atoms with Gasteiger partial charge in [0.1, 0.15) is 0 Å². The van der Waals surface area contributed by atoms with Crippen LogP contribution in [0.25, 0.3) is 0 Å². The van der Waals surface area contributed by atoms with Crippen molar-refractivity contribution in [1.82, 2.24) is 19.7 Å². The third kappa shape index (κ3) is 5.73. The minimum absolute atomic E-state index is 0.00775. The predicted molar refractivity (Wildman–Crippen MR) is 120 cm³/mol. The molecule has 1 amide bonds. The third-order valence-corrected chi connectivity index (χ3v) is 6.50. The van der Waals surface area contributed by atoms with Crippen molar-refractivity contribution in [3.63, 3.8) is 0 Å². The number of ether oxygens (including phenoxy) is 2. The second kappa shape index (κ2) is 9.96. The average Bonchev–Trinajstić information content (AvgIpc) is 3.09. The van der Waals surface area contributed by atoms with Crippen molar-refractivity contribution in [2.75, 3.05) is 24.3 Å². The highest BCUT2D eigenvalue weighted by atomic mass is 79.9. The predicted octanol–water partition coefficient (Wildman–Crippen LogP) is 2.59. The van der Waals surface area contributed by atoms with Crippen LogP contribution in [0, 0.1) is 6.92 Å². The lowest BCUT2D eigenvalue weighted by Gasteiger charge is -2.10. The molecule has 0 bridgehead atoms. The van der Waals surface area contributed by atoms with Crippen molar-refractivity contribution in [3.8, 4) is 11.9 Å². The van der Waals surface area contributed by atoms with Gasteiger partial charge in [-0.3, -0.25) is 14.2 Å². The van der Waals surface area contributed by atoms with Gasteiger partial charge in [0.2, 0.25) is 11.8 Å². The fraction of sp³-hybridized carbons (Fsp3) is 0.263. The second-order valence-electron chi connectivity index (χ2n) is 6.51. The Kier molecular flexibility index (Phi) is 7.30. The van der Waals surface area contributed by atoms with Gasteiger partial charge in [-0.1, -0.05) is 0 Å². The Hall–Kier alpha value is -3.19. The molecule has 0 radical (unpaired) electrons. The number of sulfonamides is 1. The first-order chi connectivity index (χ1) is 15.2. The minimum atomic E-state index is -3.94. The van der Waals surface area contributed by atoms with E-state index in [0.717, 1.165) is 10.2 Å². The van der Waals surface area contributed by atoms with E-state index in [2.05, 4.69) is 41.0 Å². The first-order valence-corrected chi connectivity index (χ1v) is 11.6. The van der Waals surface area contributed by atoms with Gasteiger partial charge in [0.25, 0.3) is 10.0 Å². The molecule has 0 unspecified atom stereocenters. The van der Waals surface area contributed by atoms with Gasteiger partial charge in [-0.15, -0.1) is 0 Å². The zero-order valence-corrected chi connectivity index (χ0v) is 19.9. The lowest BCUT2D eigenvalue weighted by Crippen LogP contribution is -2.16. The molecule has 2 N–H and O–H groups in total. The van der Waals surface area contributed by atoms with Crippen LogP contribution >= 0.6 is 15.9 Å². The van der Waals surface area contributed by atoms with Crippen molar-refractivity contribution in [1.29, 1.82) is 0 Å². The number of hydrogen-bond acceptors (Lipinski definition) is 8. The van der Waals surface area contributed by atoms with Crippen molar-refractivity contribution >= 4 is 43.4 Å². The highest BCUT2D eigenvalue weighted by Crippen LogP contribution is 2.21. The van der Waals surface area contributed by atoms with Gasteiger partial charge in [0.05, 0.1) is 36.3 Å². The molecule has 0 saturated heterocycles. The van der Waals surface area contributed by atoms with Crippen LogP contribution in [0.3, 0.4) is 0 Å². The number of aryl methyl sites for hydroxylation is 1. The van der Waals surface area contributed by atoms with Crippen molar-refractivity contribution in [2.24, 2.45) is 0 Å². The minimum Gasteiger partial charge on any atom is -0.481 e. The maximum absolute atomic E-state index is 12.7. The molecule has 0 aliphatic carbocycles. The Balaban J connectivity index is 1.64. The largest absolute Gasteiger partial charge is 0.481 e. The molecule has 2 aromatic heterocycles. The van der Waals surface area contributed by atoms with Gasteiger partial charge in [-0.2, -0.15) is 15.1 Å². The summed E-state index contributed by atoms with van der Waals surface area (Å²) in [5.74, 6) is -0.0816. The molecule has 0 atom stereocenters. The maximum Gasteiger partial charge on any atom is 0.321 e. The van der Waals surface area contributed by atoms with E-state index in [1.165, 1.54) is 44.6 Å². The highest BCUT2D eigenvalue weighted by Gasteiger charge is 2.17. The summed E-state index contributed by atoms with van der Waals surface area (Å²) in [6.45, 7) is 2.32. The van der Waals surface area contributed by atoms with Gasteiger partial charge in [0, 0.05) is 23.9 Å². The Bertz CT molecular complexity index is 1190. The van der Waals surface area contributed by atoms with E-state index in [-0.39, 0.29) is 34.9 Å². The Morgan fingerprint density at radius 2 is 1.88 bits per heavy atom. The quantitative estimate of drug-likeness (QED) is 0.435. The van der Waals surface area contributed by atoms with Crippen LogP contribution in [0.5, 0.6) is 11.9 Å². The summed E-state index contributed by atoms with van der Waals surface area (Å²) in [4.78, 5) is 20.1. The van der Waals surface area contributed by atoms with E-state index in [0.29, 0.717) is 12.2 Å². The molecule has 170 valence electrons. The van der Waals surface area contributed by atoms with E-state index in [1.807, 2.05) is 6.92 Å². The first kappa shape index (κ1) is 23.5. The van der Waals surface area contributed by atoms with Gasteiger partial charge in [0.15, 0.2) is 5.82 Å². The van der Waals surface area contributed by atoms with Crippen molar-refractivity contribution < 1.29 is 22.7 Å². The summed E-state index contributed by atoms with van der Waals surface area (Å²) in [6, 6.07) is 7.05. The Morgan fingerprint density at radius 3 is 2.47 bits per heavy atom. The zero-order chi connectivity index (χ0) is 23.3. The number of anilines is 2. The number of nitrogens with zero attached hydrogens (tertiary/aromatic N) is 4. The topological polar surface area (TPSA) is 137 Å². The molecule has 0 aliphatic heterocycles. The molecular formula is C19H21BrN6O5S. The monoisotopic (exact) mass is 524 g/mol. The molecular weight excluding hydrogens is 504 g/mol. The SMILES string of the molecule is COc1cc(NS(=O)(=O)c2ccc(NC(=O)CCn3ncc(Br)c3C)cc2)nc(OC)n1. The van der Waals surface area contributed by atoms with Gasteiger partial charge < -0.3 is 14.8 Å². The second-order valence-corrected chi connectivity index (χ2v) is 9.05. The molecule has 0 fully saturated rings. The summed E-state index contributed by atoms with van der Waals surface area (Å²) in [6.07, 6.45) is 1.89. The van der Waals surface area contributed by atoms with Gasteiger partial charge >= 0.3 is 6.01 Å². The molecule has 1 aromatic carbocycles. The van der Waals surface area contributed by atoms with Crippen LogP contribution in [0.4, 0.5) is 11.5 Å². The first-order valence-electron chi connectivity index (χ1n) is 9.29. The number of amides is 1. The number of hydrogen-bond donors (Lipinski definition) is 2. The van der Waals surface area contributed by atoms with E-state index in [1.54, 1.807) is 10.9 Å². The Morgan fingerprint density at radius 1 is 1.16 bits per heavy atom. The van der Waals surface area contributed by atoms with Crippen molar-refractivity contribution in [3.05, 3.63) is 46.7 Å². The van der Waals surface area contributed by atoms with Crippen LogP contribution in [0.2, 0.25) is 0 Å². The van der Waals surface area contributed by atoms with E-state index in [4.69, 9.17) is 9.47 Å². The Labute approximate surface area is 193 Å². The fourth-order valence-electron chi connectivity index (χ4n) is 2.65. The summed E-state index contributed by atoms with van der Waals surface area (Å²) in [5.41, 5.74) is 1.40. The van der Waals surface area contributed by atoms with Crippen LogP contribution < -0.4 is 19.5 Å². The van der Waals surface area contributed by atoms with Gasteiger partial charge in [-0.25, -0.2) is 8.42 Å². The number of benzene rings is 1. The number of nitrogens with one attached hydrogen (secondary N) is 2. The van der Waals surface area contributed by atoms with Crippen molar-refractivity contribution in [2.45, 2.75) is 24.8 Å². The maximum atomic E-state index is 12.7. The summed E-state index contributed by atoms with van der Waals surface area (Å²) in [5, 5.41) is 6.92. The van der Waals surface area contributed by atoms with Crippen LogP contribution in [0.1, 0.15) is 12.1 Å². The molecule has 11 nitrogen and oxygen atoms in total. The standard InChI is InChI=1S/C19H21BrN6O5S/c1-12-15(20)11-21-26(12)9-8-17(27)22-13-4-6-14(7-5-13)32(28,29)25-16-10-18(30-2)24-19(23-16)31-3/h4-7,10-11H,8-9H2,1-3H3,(H,22,27)(H,23,24,25). The third-order valence-electron chi connectivity index (χ3n) is 4.36. The molecule has 0 saturated carbocycles. The van der Waals surface area contributed by atoms with Gasteiger partial charge in [-0.05, 0) is 47.1 Å². The van der Waals surface area contributed by atoms with Crippen LogP contribution in [0.15, 0.2) is 45.9 Å². The lowest BCUT2D eigenvalue weighted by molar-refractivity contribution is -0.116. The van der Waals surface area contributed by atoms with Crippen LogP contribution in [-0.4, -0.2) is 48.3 Å². The summed E-state index contributed by atoms with van der Waals surface area (Å²) < 4.78 is 40.3. The van der Waals surface area contributed by atoms with E-state index >= 15 is 0 Å². The number of carbonyl (C=O) groups is 1. The summed E-state index contributed by atoms with van der Waals surface area (Å²) >= 11 is 3.38. The number of rotatable bonds is 9.